The van der Waals surface area contributed by atoms with Gasteiger partial charge in [-0.05, 0) is 30.3 Å². The minimum atomic E-state index is -4.56. The number of hydrogen-bond donors (Lipinski definition) is 3. The van der Waals surface area contributed by atoms with E-state index in [9.17, 15) is 22.8 Å². The molecular formula is C17H13ClF3N3O2. The van der Waals surface area contributed by atoms with Crippen molar-refractivity contribution in [2.45, 2.75) is 18.6 Å². The van der Waals surface area contributed by atoms with Gasteiger partial charge < -0.3 is 16.0 Å². The number of fused-ring (bicyclic) bond motifs is 1. The normalized spacial score (nSPS) is 16.3. The third-order valence-electron chi connectivity index (χ3n) is 3.79. The molecule has 1 atom stereocenters. The van der Waals surface area contributed by atoms with Crippen LogP contribution in [0.3, 0.4) is 0 Å². The summed E-state index contributed by atoms with van der Waals surface area (Å²) in [5.74, 6) is -1.05. The van der Waals surface area contributed by atoms with Crippen LogP contribution in [0.15, 0.2) is 42.5 Å². The SMILES string of the molecule is O=C(CC1Nc2ccccc2NC1=O)Nc1cc(C(F)(F)F)ccc1Cl. The number of benzene rings is 2. The van der Waals surface area contributed by atoms with E-state index in [-0.39, 0.29) is 17.1 Å². The van der Waals surface area contributed by atoms with Gasteiger partial charge in [-0.2, -0.15) is 13.2 Å². The standard InChI is InChI=1S/C17H13ClF3N3O2/c18-10-6-5-9(17(19,20)21)7-13(10)23-15(25)8-14-16(26)24-12-4-2-1-3-11(12)22-14/h1-7,14,22H,8H2,(H,23,25)(H,24,26). The summed E-state index contributed by atoms with van der Waals surface area (Å²) in [5, 5.41) is 7.88. The molecule has 0 fully saturated rings. The van der Waals surface area contributed by atoms with Crippen molar-refractivity contribution in [1.29, 1.82) is 0 Å². The maximum Gasteiger partial charge on any atom is 0.416 e. The second kappa shape index (κ2) is 6.87. The Kier molecular flexibility index (Phi) is 4.78. The van der Waals surface area contributed by atoms with E-state index in [4.69, 9.17) is 11.6 Å². The first kappa shape index (κ1) is 18.1. The lowest BCUT2D eigenvalue weighted by atomic mass is 10.1. The van der Waals surface area contributed by atoms with E-state index in [2.05, 4.69) is 16.0 Å². The summed E-state index contributed by atoms with van der Waals surface area (Å²) in [4.78, 5) is 24.2. The van der Waals surface area contributed by atoms with Crippen LogP contribution in [0.4, 0.5) is 30.2 Å². The molecule has 1 aliphatic heterocycles. The van der Waals surface area contributed by atoms with Crippen molar-refractivity contribution in [2.75, 3.05) is 16.0 Å². The van der Waals surface area contributed by atoms with Gasteiger partial charge in [0.05, 0.1) is 34.1 Å². The molecule has 0 aliphatic carbocycles. The van der Waals surface area contributed by atoms with Gasteiger partial charge in [0.2, 0.25) is 11.8 Å². The first-order chi connectivity index (χ1) is 12.2. The Hall–Kier alpha value is -2.74. The molecular weight excluding hydrogens is 371 g/mol. The predicted molar refractivity (Wildman–Crippen MR) is 92.2 cm³/mol. The molecule has 1 aliphatic rings. The molecule has 3 N–H and O–H groups in total. The fourth-order valence-electron chi connectivity index (χ4n) is 2.52. The number of carbonyl (C=O) groups excluding carboxylic acids is 2. The summed E-state index contributed by atoms with van der Waals surface area (Å²) in [6.07, 6.45) is -4.83. The summed E-state index contributed by atoms with van der Waals surface area (Å²) in [6.45, 7) is 0. The van der Waals surface area contributed by atoms with Gasteiger partial charge in [-0.15, -0.1) is 0 Å². The van der Waals surface area contributed by atoms with Gasteiger partial charge in [0.25, 0.3) is 0 Å². The summed E-state index contributed by atoms with van der Waals surface area (Å²) >= 11 is 5.85. The van der Waals surface area contributed by atoms with E-state index >= 15 is 0 Å². The minimum Gasteiger partial charge on any atom is -0.372 e. The van der Waals surface area contributed by atoms with Gasteiger partial charge in [-0.1, -0.05) is 23.7 Å². The van der Waals surface area contributed by atoms with Crippen LogP contribution >= 0.6 is 11.6 Å². The van der Waals surface area contributed by atoms with Gasteiger partial charge in [-0.25, -0.2) is 0 Å². The molecule has 136 valence electrons. The lowest BCUT2D eigenvalue weighted by molar-refractivity contribution is -0.137. The molecule has 0 bridgehead atoms. The maximum absolute atomic E-state index is 12.8. The van der Waals surface area contributed by atoms with E-state index in [1.165, 1.54) is 0 Å². The van der Waals surface area contributed by atoms with Crippen LogP contribution in [0.5, 0.6) is 0 Å². The summed E-state index contributed by atoms with van der Waals surface area (Å²) < 4.78 is 38.3. The first-order valence-electron chi connectivity index (χ1n) is 7.57. The Labute approximate surface area is 151 Å². The third kappa shape index (κ3) is 3.91. The van der Waals surface area contributed by atoms with Crippen LogP contribution < -0.4 is 16.0 Å². The highest BCUT2D eigenvalue weighted by atomic mass is 35.5. The summed E-state index contributed by atoms with van der Waals surface area (Å²) in [7, 11) is 0. The first-order valence-corrected chi connectivity index (χ1v) is 7.95. The molecule has 2 amide bonds. The number of alkyl halides is 3. The molecule has 0 saturated carbocycles. The van der Waals surface area contributed by atoms with Crippen LogP contribution in [-0.2, 0) is 15.8 Å². The van der Waals surface area contributed by atoms with Crippen LogP contribution in [-0.4, -0.2) is 17.9 Å². The zero-order chi connectivity index (χ0) is 18.9. The summed E-state index contributed by atoms with van der Waals surface area (Å²) in [5.41, 5.74) is 0.153. The van der Waals surface area contributed by atoms with Crippen molar-refractivity contribution in [2.24, 2.45) is 0 Å². The molecule has 5 nitrogen and oxygen atoms in total. The fourth-order valence-corrected chi connectivity index (χ4v) is 2.68. The zero-order valence-corrected chi connectivity index (χ0v) is 13.9. The highest BCUT2D eigenvalue weighted by molar-refractivity contribution is 6.33. The van der Waals surface area contributed by atoms with Crippen molar-refractivity contribution in [1.82, 2.24) is 0 Å². The van der Waals surface area contributed by atoms with Gasteiger partial charge in [0, 0.05) is 0 Å². The smallest absolute Gasteiger partial charge is 0.372 e. The molecule has 0 aromatic heterocycles. The molecule has 3 rings (SSSR count). The lowest BCUT2D eigenvalue weighted by Crippen LogP contribution is -2.41. The second-order valence-corrected chi connectivity index (χ2v) is 6.08. The van der Waals surface area contributed by atoms with E-state index in [0.29, 0.717) is 11.4 Å². The maximum atomic E-state index is 12.8. The summed E-state index contributed by atoms with van der Waals surface area (Å²) in [6, 6.07) is 8.75. The number of anilines is 3. The van der Waals surface area contributed by atoms with Crippen LogP contribution in [0.2, 0.25) is 5.02 Å². The number of carbonyl (C=O) groups is 2. The average molecular weight is 384 g/mol. The number of hydrogen-bond acceptors (Lipinski definition) is 3. The van der Waals surface area contributed by atoms with Gasteiger partial charge in [0.1, 0.15) is 6.04 Å². The van der Waals surface area contributed by atoms with Crippen molar-refractivity contribution < 1.29 is 22.8 Å². The number of amides is 2. The fraction of sp³-hybridized carbons (Fsp3) is 0.176. The third-order valence-corrected chi connectivity index (χ3v) is 4.12. The van der Waals surface area contributed by atoms with Crippen molar-refractivity contribution in [3.05, 3.63) is 53.1 Å². The van der Waals surface area contributed by atoms with Crippen molar-refractivity contribution >= 4 is 40.5 Å². The highest BCUT2D eigenvalue weighted by Crippen LogP contribution is 2.34. The molecule has 0 saturated heterocycles. The quantitative estimate of drug-likeness (QED) is 0.746. The van der Waals surface area contributed by atoms with Gasteiger partial charge in [-0.3, -0.25) is 9.59 Å². The van der Waals surface area contributed by atoms with E-state index in [1.807, 2.05) is 0 Å². The molecule has 2 aromatic rings. The predicted octanol–water partition coefficient (Wildman–Crippen LogP) is 4.12. The number of rotatable bonds is 3. The molecule has 26 heavy (non-hydrogen) atoms. The Morgan fingerprint density at radius 1 is 1.15 bits per heavy atom. The zero-order valence-electron chi connectivity index (χ0n) is 13.2. The number of halogens is 4. The number of para-hydroxylation sites is 2. The Morgan fingerprint density at radius 3 is 2.54 bits per heavy atom. The molecule has 1 heterocycles. The van der Waals surface area contributed by atoms with E-state index in [1.54, 1.807) is 24.3 Å². The molecule has 2 aromatic carbocycles. The van der Waals surface area contributed by atoms with E-state index in [0.717, 1.165) is 18.2 Å². The monoisotopic (exact) mass is 383 g/mol. The Morgan fingerprint density at radius 2 is 1.85 bits per heavy atom. The largest absolute Gasteiger partial charge is 0.416 e. The lowest BCUT2D eigenvalue weighted by Gasteiger charge is -2.26. The topological polar surface area (TPSA) is 70.2 Å². The van der Waals surface area contributed by atoms with Gasteiger partial charge >= 0.3 is 6.18 Å². The van der Waals surface area contributed by atoms with Crippen LogP contribution in [0.25, 0.3) is 0 Å². The van der Waals surface area contributed by atoms with Gasteiger partial charge in [0.15, 0.2) is 0 Å². The van der Waals surface area contributed by atoms with Crippen molar-refractivity contribution in [3.8, 4) is 0 Å². The number of nitrogens with one attached hydrogen (secondary N) is 3. The Balaban J connectivity index is 1.71. The second-order valence-electron chi connectivity index (χ2n) is 5.68. The van der Waals surface area contributed by atoms with Crippen LogP contribution in [0.1, 0.15) is 12.0 Å². The Bertz CT molecular complexity index is 871. The average Bonchev–Trinajstić information content (AvgIpc) is 2.56. The highest BCUT2D eigenvalue weighted by Gasteiger charge is 2.31. The molecule has 1 unspecified atom stereocenters. The molecule has 0 spiro atoms. The van der Waals surface area contributed by atoms with E-state index < -0.39 is 29.6 Å². The van der Waals surface area contributed by atoms with Crippen LogP contribution in [0, 0.1) is 0 Å². The molecule has 9 heteroatoms. The molecule has 0 radical (unpaired) electrons. The minimum absolute atomic E-state index is 0.0299. The van der Waals surface area contributed by atoms with Crippen molar-refractivity contribution in [3.63, 3.8) is 0 Å².